The molecule has 3 unspecified atom stereocenters. The van der Waals surface area contributed by atoms with Crippen LogP contribution in [0.3, 0.4) is 0 Å². The fourth-order valence-electron chi connectivity index (χ4n) is 5.59. The number of piperidine rings is 1. The maximum absolute atomic E-state index is 2.70. The van der Waals surface area contributed by atoms with Crippen molar-refractivity contribution in [2.45, 2.75) is 45.1 Å². The molecule has 0 bridgehead atoms. The molecule has 24 heavy (non-hydrogen) atoms. The van der Waals surface area contributed by atoms with Gasteiger partial charge < -0.3 is 4.90 Å². The number of nitrogens with zero attached hydrogens (tertiary/aromatic N) is 2. The van der Waals surface area contributed by atoms with Crippen LogP contribution >= 0.6 is 0 Å². The second-order valence-corrected chi connectivity index (χ2v) is 8.50. The standard InChI is InChI=1S/C22H30N2/c1-2-23-15-20-13-22(20,16-23)19-7-9-21(10-8-19)24-12-11-17-5-3-4-6-18(17)14-24/h4,6-9,20-21H,2-3,5,10-16H2,1H3. The van der Waals surface area contributed by atoms with Gasteiger partial charge in [0.25, 0.3) is 0 Å². The van der Waals surface area contributed by atoms with Crippen LogP contribution in [0.2, 0.25) is 0 Å². The van der Waals surface area contributed by atoms with Crippen molar-refractivity contribution in [2.24, 2.45) is 11.3 Å². The Morgan fingerprint density at radius 2 is 2.21 bits per heavy atom. The van der Waals surface area contributed by atoms with E-state index in [1.807, 2.05) is 0 Å². The molecule has 0 aromatic carbocycles. The molecule has 2 nitrogen and oxygen atoms in total. The van der Waals surface area contributed by atoms with Crippen molar-refractivity contribution in [1.29, 1.82) is 0 Å². The van der Waals surface area contributed by atoms with E-state index in [2.05, 4.69) is 47.1 Å². The molecule has 0 N–H and O–H groups in total. The first-order valence-corrected chi connectivity index (χ1v) is 10.0. The molecule has 128 valence electrons. The highest BCUT2D eigenvalue weighted by atomic mass is 15.2. The van der Waals surface area contributed by atoms with Gasteiger partial charge in [-0.2, -0.15) is 0 Å². The lowest BCUT2D eigenvalue weighted by atomic mass is 9.87. The summed E-state index contributed by atoms with van der Waals surface area (Å²) in [7, 11) is 0. The number of allylic oxidation sites excluding steroid dienone is 2. The maximum Gasteiger partial charge on any atom is 0.0319 e. The first-order valence-electron chi connectivity index (χ1n) is 10.0. The predicted molar refractivity (Wildman–Crippen MR) is 99.9 cm³/mol. The number of hydrogen-bond donors (Lipinski definition) is 0. The monoisotopic (exact) mass is 322 g/mol. The van der Waals surface area contributed by atoms with Crippen LogP contribution in [0.25, 0.3) is 0 Å². The first-order chi connectivity index (χ1) is 11.8. The van der Waals surface area contributed by atoms with Crippen molar-refractivity contribution in [3.05, 3.63) is 47.1 Å². The van der Waals surface area contributed by atoms with Crippen LogP contribution < -0.4 is 0 Å². The summed E-state index contributed by atoms with van der Waals surface area (Å²) in [6.07, 6.45) is 18.9. The predicted octanol–water partition coefficient (Wildman–Crippen LogP) is 3.94. The molecule has 0 aromatic rings. The molecular formula is C22H30N2. The van der Waals surface area contributed by atoms with E-state index >= 15 is 0 Å². The van der Waals surface area contributed by atoms with Crippen LogP contribution in [-0.4, -0.2) is 48.6 Å². The van der Waals surface area contributed by atoms with Crippen LogP contribution in [0.4, 0.5) is 0 Å². The smallest absolute Gasteiger partial charge is 0.0319 e. The van der Waals surface area contributed by atoms with E-state index in [4.69, 9.17) is 0 Å². The Labute approximate surface area is 146 Å². The minimum Gasteiger partial charge on any atom is -0.302 e. The molecule has 3 aliphatic carbocycles. The lowest BCUT2D eigenvalue weighted by Crippen LogP contribution is -2.40. The van der Waals surface area contributed by atoms with E-state index in [9.17, 15) is 0 Å². The molecular weight excluding hydrogens is 292 g/mol. The minimum absolute atomic E-state index is 0.543. The summed E-state index contributed by atoms with van der Waals surface area (Å²) in [6.45, 7) is 8.58. The fourth-order valence-corrected chi connectivity index (χ4v) is 5.59. The zero-order valence-corrected chi connectivity index (χ0v) is 15.0. The molecule has 5 aliphatic rings. The summed E-state index contributed by atoms with van der Waals surface area (Å²) in [5.41, 5.74) is 5.55. The summed E-state index contributed by atoms with van der Waals surface area (Å²) >= 11 is 0. The highest BCUT2D eigenvalue weighted by Gasteiger charge is 2.60. The summed E-state index contributed by atoms with van der Waals surface area (Å²) in [5.74, 6) is 0.944. The average molecular weight is 322 g/mol. The van der Waals surface area contributed by atoms with Gasteiger partial charge in [0.2, 0.25) is 0 Å². The molecule has 3 atom stereocenters. The van der Waals surface area contributed by atoms with Crippen molar-refractivity contribution < 1.29 is 0 Å². The molecule has 0 amide bonds. The third-order valence-corrected chi connectivity index (χ3v) is 7.24. The van der Waals surface area contributed by atoms with Crippen LogP contribution in [0, 0.1) is 11.3 Å². The third-order valence-electron chi connectivity index (χ3n) is 7.24. The second-order valence-electron chi connectivity index (χ2n) is 8.50. The van der Waals surface area contributed by atoms with Gasteiger partial charge in [0.05, 0.1) is 0 Å². The topological polar surface area (TPSA) is 6.48 Å². The van der Waals surface area contributed by atoms with Crippen molar-refractivity contribution in [3.63, 3.8) is 0 Å². The van der Waals surface area contributed by atoms with E-state index in [0.29, 0.717) is 11.5 Å². The Balaban J connectivity index is 1.25. The lowest BCUT2D eigenvalue weighted by molar-refractivity contribution is 0.237. The van der Waals surface area contributed by atoms with Gasteiger partial charge in [-0.3, -0.25) is 4.90 Å². The summed E-state index contributed by atoms with van der Waals surface area (Å²) < 4.78 is 0. The molecule has 0 aromatic heterocycles. The quantitative estimate of drug-likeness (QED) is 0.776. The minimum atomic E-state index is 0.543. The van der Waals surface area contributed by atoms with Crippen molar-refractivity contribution in [3.8, 4) is 0 Å². The molecule has 2 fully saturated rings. The Bertz CT molecular complexity index is 653. The SMILES string of the molecule is CCN1CC2CC2(C2=CCC(N3CCC4=C(C=CCC4)C3)C=C2)C1. The Morgan fingerprint density at radius 1 is 1.25 bits per heavy atom. The van der Waals surface area contributed by atoms with Crippen molar-refractivity contribution in [2.75, 3.05) is 32.7 Å². The largest absolute Gasteiger partial charge is 0.302 e. The van der Waals surface area contributed by atoms with Gasteiger partial charge in [-0.05, 0) is 55.7 Å². The van der Waals surface area contributed by atoms with Gasteiger partial charge in [-0.1, -0.05) is 42.9 Å². The first kappa shape index (κ1) is 15.2. The van der Waals surface area contributed by atoms with E-state index in [0.717, 1.165) is 5.92 Å². The molecule has 2 heteroatoms. The van der Waals surface area contributed by atoms with Crippen molar-refractivity contribution >= 4 is 0 Å². The number of rotatable bonds is 3. The highest BCUT2D eigenvalue weighted by Crippen LogP contribution is 2.62. The molecule has 1 saturated carbocycles. The second kappa shape index (κ2) is 5.71. The van der Waals surface area contributed by atoms with Crippen molar-refractivity contribution in [1.82, 2.24) is 9.80 Å². The summed E-state index contributed by atoms with van der Waals surface area (Å²) in [5, 5.41) is 0. The zero-order valence-electron chi connectivity index (χ0n) is 15.0. The van der Waals surface area contributed by atoms with Crippen LogP contribution in [0.1, 0.15) is 39.0 Å². The molecule has 0 spiro atoms. The zero-order chi connectivity index (χ0) is 16.1. The Morgan fingerprint density at radius 3 is 3.00 bits per heavy atom. The molecule has 1 saturated heterocycles. The highest BCUT2D eigenvalue weighted by molar-refractivity contribution is 5.40. The third kappa shape index (κ3) is 2.38. The Hall–Kier alpha value is -1.12. The van der Waals surface area contributed by atoms with Gasteiger partial charge in [0.15, 0.2) is 0 Å². The normalized spacial score (nSPS) is 39.0. The number of fused-ring (bicyclic) bond motifs is 1. The molecule has 5 rings (SSSR count). The van der Waals surface area contributed by atoms with Crippen LogP contribution in [-0.2, 0) is 0 Å². The summed E-state index contributed by atoms with van der Waals surface area (Å²) in [4.78, 5) is 5.34. The lowest BCUT2D eigenvalue weighted by Gasteiger charge is -2.37. The van der Waals surface area contributed by atoms with Gasteiger partial charge in [0, 0.05) is 37.6 Å². The maximum atomic E-state index is 2.70. The van der Waals surface area contributed by atoms with Crippen LogP contribution in [0.15, 0.2) is 47.1 Å². The van der Waals surface area contributed by atoms with Gasteiger partial charge in [0.1, 0.15) is 0 Å². The van der Waals surface area contributed by atoms with E-state index < -0.39 is 0 Å². The van der Waals surface area contributed by atoms with E-state index in [-0.39, 0.29) is 0 Å². The van der Waals surface area contributed by atoms with Crippen LogP contribution in [0.5, 0.6) is 0 Å². The van der Waals surface area contributed by atoms with E-state index in [1.54, 1.807) is 16.7 Å². The number of likely N-dealkylation sites (tertiary alicyclic amines) is 1. The molecule has 2 heterocycles. The molecule has 2 aliphatic heterocycles. The van der Waals surface area contributed by atoms with Gasteiger partial charge in [-0.25, -0.2) is 0 Å². The Kier molecular flexibility index (Phi) is 3.61. The number of hydrogen-bond acceptors (Lipinski definition) is 2. The summed E-state index contributed by atoms with van der Waals surface area (Å²) in [6, 6.07) is 0.621. The van der Waals surface area contributed by atoms with Gasteiger partial charge in [-0.15, -0.1) is 0 Å². The average Bonchev–Trinajstić information content (AvgIpc) is 3.23. The molecule has 0 radical (unpaired) electrons. The van der Waals surface area contributed by atoms with Gasteiger partial charge >= 0.3 is 0 Å². The van der Waals surface area contributed by atoms with E-state index in [1.165, 1.54) is 64.8 Å². The fraction of sp³-hybridized carbons (Fsp3) is 0.636.